The number of halogens is 1. The monoisotopic (exact) mass is 290 g/mol. The highest BCUT2D eigenvalue weighted by Gasteiger charge is 2.17. The van der Waals surface area contributed by atoms with Crippen LogP contribution in [0.15, 0.2) is 30.3 Å². The van der Waals surface area contributed by atoms with Gasteiger partial charge < -0.3 is 5.11 Å². The Hall–Kier alpha value is -1.19. The van der Waals surface area contributed by atoms with Crippen LogP contribution in [-0.2, 0) is 19.3 Å². The van der Waals surface area contributed by atoms with Gasteiger partial charge in [-0.3, -0.25) is 0 Å². The van der Waals surface area contributed by atoms with Gasteiger partial charge in [-0.1, -0.05) is 18.6 Å². The van der Waals surface area contributed by atoms with Crippen molar-refractivity contribution in [2.45, 2.75) is 44.6 Å². The van der Waals surface area contributed by atoms with E-state index in [-0.39, 0.29) is 5.82 Å². The number of hydrogen-bond donors (Lipinski definition) is 1. The lowest BCUT2D eigenvalue weighted by molar-refractivity contribution is 0.182. The number of thiophene rings is 1. The summed E-state index contributed by atoms with van der Waals surface area (Å²) in [7, 11) is 0. The topological polar surface area (TPSA) is 20.2 Å². The molecule has 1 atom stereocenters. The summed E-state index contributed by atoms with van der Waals surface area (Å²) in [5.41, 5.74) is 2.41. The van der Waals surface area contributed by atoms with Crippen molar-refractivity contribution in [1.82, 2.24) is 0 Å². The molecular formula is C17H19FOS. The Morgan fingerprint density at radius 2 is 1.85 bits per heavy atom. The van der Waals surface area contributed by atoms with Gasteiger partial charge in [0.25, 0.3) is 0 Å². The van der Waals surface area contributed by atoms with Crippen LogP contribution in [0.5, 0.6) is 0 Å². The molecule has 20 heavy (non-hydrogen) atoms. The lowest BCUT2D eigenvalue weighted by atomic mass is 10.1. The first-order valence-corrected chi connectivity index (χ1v) is 8.08. The number of benzene rings is 1. The van der Waals surface area contributed by atoms with E-state index in [1.807, 2.05) is 0 Å². The summed E-state index contributed by atoms with van der Waals surface area (Å²) in [6.45, 7) is 0. The molecule has 1 aromatic heterocycles. The van der Waals surface area contributed by atoms with Crippen molar-refractivity contribution in [1.29, 1.82) is 0 Å². The Morgan fingerprint density at radius 3 is 2.65 bits per heavy atom. The molecule has 1 aliphatic carbocycles. The first kappa shape index (κ1) is 13.8. The van der Waals surface area contributed by atoms with E-state index in [0.29, 0.717) is 6.42 Å². The van der Waals surface area contributed by atoms with Crippen LogP contribution in [0.1, 0.15) is 46.2 Å². The third kappa shape index (κ3) is 3.10. The molecule has 0 saturated heterocycles. The van der Waals surface area contributed by atoms with E-state index >= 15 is 0 Å². The lowest BCUT2D eigenvalue weighted by Gasteiger charge is -2.08. The molecule has 1 aromatic carbocycles. The SMILES string of the molecule is OC(Cc1ccc(F)cc1)c1cc2c(s1)CCCCC2. The Labute approximate surface area is 123 Å². The minimum Gasteiger partial charge on any atom is -0.387 e. The molecule has 3 heteroatoms. The number of rotatable bonds is 3. The molecule has 1 heterocycles. The molecule has 1 unspecified atom stereocenters. The van der Waals surface area contributed by atoms with Gasteiger partial charge in [0, 0.05) is 16.2 Å². The third-order valence-electron chi connectivity index (χ3n) is 3.94. The zero-order valence-corrected chi connectivity index (χ0v) is 12.3. The normalized spacial score (nSPS) is 16.5. The maximum absolute atomic E-state index is 12.9. The number of aliphatic hydroxyl groups is 1. The van der Waals surface area contributed by atoms with Crippen molar-refractivity contribution in [2.24, 2.45) is 0 Å². The maximum Gasteiger partial charge on any atom is 0.123 e. The Balaban J connectivity index is 1.73. The van der Waals surface area contributed by atoms with Crippen LogP contribution in [0.2, 0.25) is 0 Å². The summed E-state index contributed by atoms with van der Waals surface area (Å²) in [6, 6.07) is 8.57. The van der Waals surface area contributed by atoms with Gasteiger partial charge in [0.2, 0.25) is 0 Å². The minimum atomic E-state index is -0.475. The van der Waals surface area contributed by atoms with Gasteiger partial charge in [-0.05, 0) is 55.0 Å². The van der Waals surface area contributed by atoms with Crippen LogP contribution in [0.4, 0.5) is 4.39 Å². The first-order chi connectivity index (χ1) is 9.72. The molecule has 1 N–H and O–H groups in total. The average Bonchev–Trinajstić information content (AvgIpc) is 2.73. The summed E-state index contributed by atoms with van der Waals surface area (Å²) < 4.78 is 12.9. The molecule has 3 rings (SSSR count). The van der Waals surface area contributed by atoms with Gasteiger partial charge in [0.15, 0.2) is 0 Å². The molecule has 2 aromatic rings. The number of hydrogen-bond acceptors (Lipinski definition) is 2. The largest absolute Gasteiger partial charge is 0.387 e. The van der Waals surface area contributed by atoms with E-state index in [0.717, 1.165) is 23.3 Å². The Bertz CT molecular complexity index is 550. The van der Waals surface area contributed by atoms with Crippen LogP contribution in [0.25, 0.3) is 0 Å². The van der Waals surface area contributed by atoms with Crippen molar-refractivity contribution < 1.29 is 9.50 Å². The minimum absolute atomic E-state index is 0.230. The summed E-state index contributed by atoms with van der Waals surface area (Å²) in [5.74, 6) is -0.230. The highest BCUT2D eigenvalue weighted by atomic mass is 32.1. The zero-order chi connectivity index (χ0) is 13.9. The number of fused-ring (bicyclic) bond motifs is 1. The van der Waals surface area contributed by atoms with Crippen LogP contribution in [-0.4, -0.2) is 5.11 Å². The van der Waals surface area contributed by atoms with Gasteiger partial charge in [-0.15, -0.1) is 11.3 Å². The fraction of sp³-hybridized carbons (Fsp3) is 0.412. The molecule has 0 aliphatic heterocycles. The first-order valence-electron chi connectivity index (χ1n) is 7.26. The van der Waals surface area contributed by atoms with Crippen molar-refractivity contribution in [3.63, 3.8) is 0 Å². The zero-order valence-electron chi connectivity index (χ0n) is 11.4. The molecule has 0 spiro atoms. The molecule has 0 amide bonds. The standard InChI is InChI=1S/C17H19FOS/c18-14-8-6-12(7-9-14)10-15(19)17-11-13-4-2-1-3-5-16(13)20-17/h6-9,11,15,19H,1-5,10H2. The molecule has 1 nitrogen and oxygen atoms in total. The molecular weight excluding hydrogens is 271 g/mol. The van der Waals surface area contributed by atoms with Crippen molar-refractivity contribution >= 4 is 11.3 Å². The van der Waals surface area contributed by atoms with Gasteiger partial charge in [0.1, 0.15) is 5.82 Å². The van der Waals surface area contributed by atoms with Gasteiger partial charge in [0.05, 0.1) is 6.10 Å². The third-order valence-corrected chi connectivity index (χ3v) is 5.27. The molecule has 0 saturated carbocycles. The van der Waals surface area contributed by atoms with E-state index in [1.54, 1.807) is 23.5 Å². The Kier molecular flexibility index (Phi) is 4.18. The van der Waals surface area contributed by atoms with E-state index < -0.39 is 6.10 Å². The van der Waals surface area contributed by atoms with E-state index in [4.69, 9.17) is 0 Å². The van der Waals surface area contributed by atoms with Crippen molar-refractivity contribution in [3.8, 4) is 0 Å². The van der Waals surface area contributed by atoms with Gasteiger partial charge >= 0.3 is 0 Å². The molecule has 0 bridgehead atoms. The molecule has 0 radical (unpaired) electrons. The van der Waals surface area contributed by atoms with Gasteiger partial charge in [-0.25, -0.2) is 4.39 Å². The second kappa shape index (κ2) is 6.06. The van der Waals surface area contributed by atoms with Crippen LogP contribution < -0.4 is 0 Å². The number of aryl methyl sites for hydroxylation is 2. The van der Waals surface area contributed by atoms with Crippen LogP contribution >= 0.6 is 11.3 Å². The van der Waals surface area contributed by atoms with E-state index in [1.165, 1.54) is 41.8 Å². The molecule has 0 fully saturated rings. The smallest absolute Gasteiger partial charge is 0.123 e. The van der Waals surface area contributed by atoms with Gasteiger partial charge in [-0.2, -0.15) is 0 Å². The van der Waals surface area contributed by atoms with E-state index in [9.17, 15) is 9.50 Å². The van der Waals surface area contributed by atoms with Crippen molar-refractivity contribution in [2.75, 3.05) is 0 Å². The quantitative estimate of drug-likeness (QED) is 0.829. The maximum atomic E-state index is 12.9. The summed E-state index contributed by atoms with van der Waals surface area (Å²) >= 11 is 1.76. The summed E-state index contributed by atoms with van der Waals surface area (Å²) in [5, 5.41) is 10.4. The van der Waals surface area contributed by atoms with Crippen molar-refractivity contribution in [3.05, 3.63) is 57.0 Å². The average molecular weight is 290 g/mol. The summed E-state index contributed by atoms with van der Waals surface area (Å²) in [6.07, 6.45) is 6.22. The predicted octanol–water partition coefficient (Wildman–Crippen LogP) is 4.43. The summed E-state index contributed by atoms with van der Waals surface area (Å²) in [4.78, 5) is 2.51. The predicted molar refractivity (Wildman–Crippen MR) is 80.6 cm³/mol. The van der Waals surface area contributed by atoms with Crippen LogP contribution in [0, 0.1) is 5.82 Å². The lowest BCUT2D eigenvalue weighted by Crippen LogP contribution is -1.99. The highest BCUT2D eigenvalue weighted by molar-refractivity contribution is 7.12. The number of aliphatic hydroxyl groups excluding tert-OH is 1. The molecule has 106 valence electrons. The van der Waals surface area contributed by atoms with Crippen LogP contribution in [0.3, 0.4) is 0 Å². The highest BCUT2D eigenvalue weighted by Crippen LogP contribution is 2.33. The second-order valence-electron chi connectivity index (χ2n) is 5.50. The fourth-order valence-corrected chi connectivity index (χ4v) is 4.04. The van der Waals surface area contributed by atoms with E-state index in [2.05, 4.69) is 6.07 Å². The second-order valence-corrected chi connectivity index (χ2v) is 6.67. The fourth-order valence-electron chi connectivity index (χ4n) is 2.80. The molecule has 1 aliphatic rings. The Morgan fingerprint density at radius 1 is 1.10 bits per heavy atom.